The number of ether oxygens (including phenoxy) is 2. The summed E-state index contributed by atoms with van der Waals surface area (Å²) < 4.78 is 48.9. The van der Waals surface area contributed by atoms with Crippen molar-refractivity contribution in [3.05, 3.63) is 11.9 Å². The summed E-state index contributed by atoms with van der Waals surface area (Å²) in [6.45, 7) is 6.63. The quantitative estimate of drug-likeness (QED) is 0.707. The average Bonchev–Trinajstić information content (AvgIpc) is 2.51. The maximum absolute atomic E-state index is 12.7. The molecule has 0 N–H and O–H groups in total. The van der Waals surface area contributed by atoms with E-state index in [1.807, 2.05) is 4.90 Å². The third-order valence-corrected chi connectivity index (χ3v) is 3.83. The van der Waals surface area contributed by atoms with Gasteiger partial charge in [0.1, 0.15) is 12.2 Å². The van der Waals surface area contributed by atoms with Gasteiger partial charge >= 0.3 is 12.3 Å². The van der Waals surface area contributed by atoms with E-state index >= 15 is 0 Å². The van der Waals surface area contributed by atoms with Gasteiger partial charge < -0.3 is 19.3 Å². The lowest BCUT2D eigenvalue weighted by Gasteiger charge is -2.44. The van der Waals surface area contributed by atoms with Gasteiger partial charge in [0, 0.05) is 19.6 Å². The third kappa shape index (κ3) is 3.72. The topological polar surface area (TPSA) is 67.8 Å². The molecular formula is C15H19F3N4O3. The summed E-state index contributed by atoms with van der Waals surface area (Å²) in [4.78, 5) is 23.0. The lowest BCUT2D eigenvalue weighted by atomic mass is 10.1. The molecule has 0 aromatic carbocycles. The van der Waals surface area contributed by atoms with E-state index in [4.69, 9.17) is 9.47 Å². The number of fused-ring (bicyclic) bond motifs is 3. The fraction of sp³-hybridized carbons (Fsp3) is 0.667. The molecule has 10 heteroatoms. The number of rotatable bonds is 0. The first-order valence-corrected chi connectivity index (χ1v) is 7.86. The van der Waals surface area contributed by atoms with Crippen molar-refractivity contribution in [3.8, 4) is 5.88 Å². The van der Waals surface area contributed by atoms with Gasteiger partial charge in [0.15, 0.2) is 11.5 Å². The molecular weight excluding hydrogens is 341 g/mol. The van der Waals surface area contributed by atoms with E-state index in [-0.39, 0.29) is 24.3 Å². The van der Waals surface area contributed by atoms with E-state index in [0.717, 1.165) is 0 Å². The molecule has 3 heterocycles. The van der Waals surface area contributed by atoms with Crippen LogP contribution < -0.4 is 9.64 Å². The minimum absolute atomic E-state index is 0.127. The second-order valence-corrected chi connectivity index (χ2v) is 6.97. The second kappa shape index (κ2) is 5.92. The Morgan fingerprint density at radius 1 is 1.32 bits per heavy atom. The standard InChI is InChI=1S/C15H19F3N4O3/c1-14(2,3)25-13(23)21-4-5-22-9(7-21)8-24-12-11(22)19-6-10(20-12)15(16,17)18/h6,9H,4-5,7-8H2,1-3H3/t9-/m0/s1. The molecule has 2 aliphatic heterocycles. The van der Waals surface area contributed by atoms with Gasteiger partial charge in [-0.2, -0.15) is 13.2 Å². The van der Waals surface area contributed by atoms with Crippen LogP contribution in [-0.2, 0) is 10.9 Å². The molecule has 0 spiro atoms. The smallest absolute Gasteiger partial charge is 0.435 e. The Labute approximate surface area is 142 Å². The zero-order valence-corrected chi connectivity index (χ0v) is 14.1. The summed E-state index contributed by atoms with van der Waals surface area (Å²) >= 11 is 0. The second-order valence-electron chi connectivity index (χ2n) is 6.97. The number of halogens is 3. The largest absolute Gasteiger partial charge is 0.473 e. The number of alkyl halides is 3. The van der Waals surface area contributed by atoms with Crippen molar-refractivity contribution in [2.45, 2.75) is 38.6 Å². The van der Waals surface area contributed by atoms with Crippen molar-refractivity contribution in [2.75, 3.05) is 31.1 Å². The van der Waals surface area contributed by atoms with Crippen LogP contribution in [0.5, 0.6) is 5.88 Å². The first-order valence-electron chi connectivity index (χ1n) is 7.86. The Hall–Kier alpha value is -2.26. The monoisotopic (exact) mass is 360 g/mol. The SMILES string of the molecule is CC(C)(C)OC(=O)N1CCN2c3ncc(C(F)(F)F)nc3OC[C@@H]2C1. The predicted octanol–water partition coefficient (Wildman–Crippen LogP) is 2.31. The van der Waals surface area contributed by atoms with Gasteiger partial charge in [0.25, 0.3) is 5.88 Å². The molecule has 1 fully saturated rings. The van der Waals surface area contributed by atoms with Gasteiger partial charge in [0.05, 0.1) is 12.2 Å². The fourth-order valence-electron chi connectivity index (χ4n) is 2.74. The number of anilines is 1. The first kappa shape index (κ1) is 17.6. The predicted molar refractivity (Wildman–Crippen MR) is 81.5 cm³/mol. The minimum Gasteiger partial charge on any atom is -0.473 e. The Morgan fingerprint density at radius 2 is 2.04 bits per heavy atom. The highest BCUT2D eigenvalue weighted by atomic mass is 19.4. The number of amides is 1. The molecule has 2 aliphatic rings. The molecule has 1 aromatic rings. The van der Waals surface area contributed by atoms with Gasteiger partial charge in [-0.05, 0) is 20.8 Å². The number of nitrogens with zero attached hydrogens (tertiary/aromatic N) is 4. The van der Waals surface area contributed by atoms with E-state index in [1.54, 1.807) is 25.7 Å². The molecule has 1 saturated heterocycles. The first-order chi connectivity index (χ1) is 11.5. The zero-order chi connectivity index (χ0) is 18.4. The van der Waals surface area contributed by atoms with Crippen LogP contribution in [-0.4, -0.2) is 58.8 Å². The van der Waals surface area contributed by atoms with Crippen LogP contribution in [0.25, 0.3) is 0 Å². The van der Waals surface area contributed by atoms with E-state index in [0.29, 0.717) is 25.8 Å². The van der Waals surface area contributed by atoms with E-state index in [1.165, 1.54) is 0 Å². The van der Waals surface area contributed by atoms with Gasteiger partial charge in [-0.3, -0.25) is 0 Å². The highest BCUT2D eigenvalue weighted by Crippen LogP contribution is 2.35. The van der Waals surface area contributed by atoms with E-state index in [9.17, 15) is 18.0 Å². The van der Waals surface area contributed by atoms with Crippen LogP contribution in [0.4, 0.5) is 23.8 Å². The number of carbonyl (C=O) groups is 1. The normalized spacial score (nSPS) is 20.5. The molecule has 0 radical (unpaired) electrons. The van der Waals surface area contributed by atoms with E-state index < -0.39 is 23.6 Å². The maximum atomic E-state index is 12.7. The van der Waals surface area contributed by atoms with Crippen LogP contribution in [0.15, 0.2) is 6.20 Å². The Morgan fingerprint density at radius 3 is 2.68 bits per heavy atom. The molecule has 0 unspecified atom stereocenters. The Balaban J connectivity index is 1.74. The van der Waals surface area contributed by atoms with Crippen LogP contribution in [0.2, 0.25) is 0 Å². The number of carbonyl (C=O) groups excluding carboxylic acids is 1. The molecule has 1 atom stereocenters. The molecule has 138 valence electrons. The lowest BCUT2D eigenvalue weighted by molar-refractivity contribution is -0.141. The molecule has 0 saturated carbocycles. The van der Waals surface area contributed by atoms with E-state index in [2.05, 4.69) is 9.97 Å². The van der Waals surface area contributed by atoms with Gasteiger partial charge in [0.2, 0.25) is 0 Å². The third-order valence-electron chi connectivity index (χ3n) is 3.83. The minimum atomic E-state index is -4.57. The maximum Gasteiger partial charge on any atom is 0.435 e. The van der Waals surface area contributed by atoms with Crippen LogP contribution in [0, 0.1) is 0 Å². The number of hydrogen-bond donors (Lipinski definition) is 0. The summed E-state index contributed by atoms with van der Waals surface area (Å²) in [6.07, 6.45) is -4.29. The molecule has 1 aromatic heterocycles. The van der Waals surface area contributed by atoms with Gasteiger partial charge in [-0.15, -0.1) is 0 Å². The zero-order valence-electron chi connectivity index (χ0n) is 14.1. The van der Waals surface area contributed by atoms with Crippen molar-refractivity contribution >= 4 is 11.9 Å². The Bertz CT molecular complexity index is 675. The molecule has 25 heavy (non-hydrogen) atoms. The summed E-state index contributed by atoms with van der Waals surface area (Å²) in [5.41, 5.74) is -1.68. The number of hydrogen-bond acceptors (Lipinski definition) is 6. The van der Waals surface area contributed by atoms with Crippen LogP contribution in [0.3, 0.4) is 0 Å². The van der Waals surface area contributed by atoms with Crippen LogP contribution >= 0.6 is 0 Å². The number of aromatic nitrogens is 2. The van der Waals surface area contributed by atoms with Gasteiger partial charge in [-0.25, -0.2) is 14.8 Å². The highest BCUT2D eigenvalue weighted by Gasteiger charge is 2.40. The molecule has 1 amide bonds. The lowest BCUT2D eigenvalue weighted by Crippen LogP contribution is -2.59. The van der Waals surface area contributed by atoms with Crippen molar-refractivity contribution in [1.29, 1.82) is 0 Å². The summed E-state index contributed by atoms with van der Waals surface area (Å²) in [5, 5.41) is 0. The van der Waals surface area contributed by atoms with Crippen LogP contribution in [0.1, 0.15) is 26.5 Å². The average molecular weight is 360 g/mol. The number of piperazine rings is 1. The molecule has 3 rings (SSSR count). The van der Waals surface area contributed by atoms with Crippen molar-refractivity contribution in [1.82, 2.24) is 14.9 Å². The molecule has 0 bridgehead atoms. The summed E-state index contributed by atoms with van der Waals surface area (Å²) in [6, 6.07) is -0.209. The fourth-order valence-corrected chi connectivity index (χ4v) is 2.74. The highest BCUT2D eigenvalue weighted by molar-refractivity contribution is 5.69. The van der Waals surface area contributed by atoms with Crippen molar-refractivity contribution < 1.29 is 27.4 Å². The Kier molecular flexibility index (Phi) is 4.16. The summed E-state index contributed by atoms with van der Waals surface area (Å²) in [7, 11) is 0. The molecule has 7 nitrogen and oxygen atoms in total. The van der Waals surface area contributed by atoms with Crippen molar-refractivity contribution in [2.24, 2.45) is 0 Å². The molecule has 0 aliphatic carbocycles. The van der Waals surface area contributed by atoms with Crippen molar-refractivity contribution in [3.63, 3.8) is 0 Å². The summed E-state index contributed by atoms with van der Waals surface area (Å²) in [5.74, 6) is 0.143. The van der Waals surface area contributed by atoms with Gasteiger partial charge in [-0.1, -0.05) is 0 Å².